The minimum Gasteiger partial charge on any atom is -0.365 e. The number of nitrogens with one attached hydrogen (secondary N) is 1. The molecule has 2 heterocycles. The Morgan fingerprint density at radius 3 is 2.88 bits per heavy atom. The van der Waals surface area contributed by atoms with Crippen LogP contribution in [0.25, 0.3) is 0 Å². The molecule has 0 bridgehead atoms. The molecule has 3 N–H and O–H groups in total. The van der Waals surface area contributed by atoms with E-state index in [0.717, 1.165) is 25.3 Å². The van der Waals surface area contributed by atoms with Gasteiger partial charge in [-0.15, -0.1) is 0 Å². The number of hydrogen-bond donors (Lipinski definition) is 2. The van der Waals surface area contributed by atoms with Crippen LogP contribution >= 0.6 is 0 Å². The van der Waals surface area contributed by atoms with Crippen LogP contribution in [0.1, 0.15) is 22.5 Å². The predicted octanol–water partition coefficient (Wildman–Crippen LogP) is -0.374. The maximum Gasteiger partial charge on any atom is 0.254 e. The fourth-order valence-electron chi connectivity index (χ4n) is 2.48. The highest BCUT2D eigenvalue weighted by molar-refractivity contribution is 5.99. The third-order valence-electron chi connectivity index (χ3n) is 3.35. The maximum absolute atomic E-state index is 11.5. The molecule has 0 radical (unpaired) electrons. The summed E-state index contributed by atoms with van der Waals surface area (Å²) in [5.74, 6) is 0.395. The number of nitrogens with two attached hydrogens (primary N) is 1. The van der Waals surface area contributed by atoms with Crippen LogP contribution in [0.15, 0.2) is 0 Å². The van der Waals surface area contributed by atoms with Crippen molar-refractivity contribution in [1.29, 1.82) is 0 Å². The lowest BCUT2D eigenvalue weighted by molar-refractivity contribution is 0.1000. The third kappa shape index (κ3) is 2.00. The molecule has 0 saturated carbocycles. The average Bonchev–Trinajstić information content (AvgIpc) is 2.84. The van der Waals surface area contributed by atoms with Crippen molar-refractivity contribution < 1.29 is 4.79 Å². The largest absolute Gasteiger partial charge is 0.365 e. The van der Waals surface area contributed by atoms with E-state index in [2.05, 4.69) is 15.3 Å². The molecule has 1 aromatic rings. The first kappa shape index (κ1) is 11.9. The van der Waals surface area contributed by atoms with Crippen molar-refractivity contribution in [3.63, 3.8) is 0 Å². The van der Waals surface area contributed by atoms with Gasteiger partial charge in [-0.1, -0.05) is 0 Å². The van der Waals surface area contributed by atoms with E-state index in [0.29, 0.717) is 17.3 Å². The number of aromatic nitrogens is 2. The van der Waals surface area contributed by atoms with E-state index in [-0.39, 0.29) is 0 Å². The molecule has 17 heavy (non-hydrogen) atoms. The number of carbonyl (C=O) groups excluding carboxylic acids is 1. The van der Waals surface area contributed by atoms with Gasteiger partial charge < -0.3 is 16.0 Å². The van der Waals surface area contributed by atoms with Gasteiger partial charge in [0.2, 0.25) is 0 Å². The van der Waals surface area contributed by atoms with Crippen molar-refractivity contribution in [1.82, 2.24) is 15.1 Å². The summed E-state index contributed by atoms with van der Waals surface area (Å²) >= 11 is 0. The second-order valence-electron chi connectivity index (χ2n) is 4.53. The Balaban J connectivity index is 2.39. The van der Waals surface area contributed by atoms with Gasteiger partial charge in [-0.05, 0) is 19.9 Å². The maximum atomic E-state index is 11.5. The molecule has 0 aromatic carbocycles. The number of primary amides is 1. The van der Waals surface area contributed by atoms with E-state index in [4.69, 9.17) is 5.73 Å². The van der Waals surface area contributed by atoms with E-state index < -0.39 is 5.91 Å². The molecule has 1 aliphatic heterocycles. The van der Waals surface area contributed by atoms with Gasteiger partial charge >= 0.3 is 0 Å². The lowest BCUT2D eigenvalue weighted by Crippen LogP contribution is -2.36. The zero-order valence-electron chi connectivity index (χ0n) is 10.5. The van der Waals surface area contributed by atoms with Gasteiger partial charge in [0.25, 0.3) is 5.91 Å². The molecule has 1 amide bonds. The van der Waals surface area contributed by atoms with Gasteiger partial charge in [-0.3, -0.25) is 9.48 Å². The van der Waals surface area contributed by atoms with Crippen molar-refractivity contribution in [3.8, 4) is 0 Å². The second kappa shape index (κ2) is 4.37. The third-order valence-corrected chi connectivity index (χ3v) is 3.35. The molecular formula is C11H19N5O. The second-order valence-corrected chi connectivity index (χ2v) is 4.53. The first-order valence-electron chi connectivity index (χ1n) is 5.79. The van der Waals surface area contributed by atoms with Crippen molar-refractivity contribution in [2.75, 3.05) is 25.0 Å². The van der Waals surface area contributed by atoms with Crippen LogP contribution in [0.2, 0.25) is 0 Å². The van der Waals surface area contributed by atoms with E-state index >= 15 is 0 Å². The Morgan fingerprint density at radius 1 is 1.65 bits per heavy atom. The standard InChI is InChI=1S/C11H19N5O/c1-7-9(10(12)17)11(16(3)14-7)15(2)8-4-5-13-6-8/h8,13H,4-6H2,1-3H3,(H2,12,17). The van der Waals surface area contributed by atoms with Crippen molar-refractivity contribution in [2.24, 2.45) is 12.8 Å². The van der Waals surface area contributed by atoms with E-state index in [1.54, 1.807) is 4.68 Å². The van der Waals surface area contributed by atoms with Crippen molar-refractivity contribution in [2.45, 2.75) is 19.4 Å². The number of hydrogen-bond acceptors (Lipinski definition) is 4. The molecule has 1 aliphatic rings. The quantitative estimate of drug-likeness (QED) is 0.751. The summed E-state index contributed by atoms with van der Waals surface area (Å²) in [6.45, 7) is 3.75. The van der Waals surface area contributed by atoms with E-state index in [1.807, 2.05) is 21.0 Å². The summed E-state index contributed by atoms with van der Waals surface area (Å²) in [6, 6.07) is 0.392. The molecule has 94 valence electrons. The van der Waals surface area contributed by atoms with Crippen LogP contribution in [0.5, 0.6) is 0 Å². The zero-order valence-corrected chi connectivity index (χ0v) is 10.5. The van der Waals surface area contributed by atoms with Crippen LogP contribution in [0.4, 0.5) is 5.82 Å². The molecule has 0 spiro atoms. The average molecular weight is 237 g/mol. The molecule has 1 saturated heterocycles. The lowest BCUT2D eigenvalue weighted by atomic mass is 10.2. The summed E-state index contributed by atoms with van der Waals surface area (Å²) in [7, 11) is 3.83. The van der Waals surface area contributed by atoms with Gasteiger partial charge in [0.15, 0.2) is 0 Å². The molecule has 1 aromatic heterocycles. The zero-order chi connectivity index (χ0) is 12.6. The molecule has 1 fully saturated rings. The number of amides is 1. The topological polar surface area (TPSA) is 76.2 Å². The molecule has 1 atom stereocenters. The van der Waals surface area contributed by atoms with Crippen LogP contribution in [0, 0.1) is 6.92 Å². The lowest BCUT2D eigenvalue weighted by Gasteiger charge is -2.26. The predicted molar refractivity (Wildman–Crippen MR) is 66.1 cm³/mol. The van der Waals surface area contributed by atoms with Gasteiger partial charge in [0.05, 0.1) is 5.69 Å². The van der Waals surface area contributed by atoms with Gasteiger partial charge in [-0.2, -0.15) is 5.10 Å². The molecule has 6 nitrogen and oxygen atoms in total. The monoisotopic (exact) mass is 237 g/mol. The van der Waals surface area contributed by atoms with Crippen LogP contribution in [-0.4, -0.2) is 41.9 Å². The summed E-state index contributed by atoms with van der Waals surface area (Å²) in [5, 5.41) is 7.59. The summed E-state index contributed by atoms with van der Waals surface area (Å²) in [5.41, 5.74) is 6.65. The Labute approximate surface area is 101 Å². The number of aryl methyl sites for hydroxylation is 2. The minimum absolute atomic E-state index is 0.392. The van der Waals surface area contributed by atoms with Crippen LogP contribution < -0.4 is 16.0 Å². The van der Waals surface area contributed by atoms with E-state index in [9.17, 15) is 4.79 Å². The van der Waals surface area contributed by atoms with Crippen LogP contribution in [-0.2, 0) is 7.05 Å². The first-order valence-corrected chi connectivity index (χ1v) is 5.79. The van der Waals surface area contributed by atoms with Crippen LogP contribution in [0.3, 0.4) is 0 Å². The van der Waals surface area contributed by atoms with Gasteiger partial charge in [0.1, 0.15) is 11.4 Å². The normalized spacial score (nSPS) is 19.6. The Morgan fingerprint density at radius 2 is 2.35 bits per heavy atom. The summed E-state index contributed by atoms with van der Waals surface area (Å²) in [6.07, 6.45) is 1.07. The number of carbonyl (C=O) groups is 1. The molecular weight excluding hydrogens is 218 g/mol. The minimum atomic E-state index is -0.414. The van der Waals surface area contributed by atoms with Crippen molar-refractivity contribution >= 4 is 11.7 Å². The van der Waals surface area contributed by atoms with Gasteiger partial charge in [-0.25, -0.2) is 0 Å². The highest BCUT2D eigenvalue weighted by Gasteiger charge is 2.27. The van der Waals surface area contributed by atoms with Gasteiger partial charge in [0, 0.05) is 26.7 Å². The fraction of sp³-hybridized carbons (Fsp3) is 0.636. The number of rotatable bonds is 3. The Hall–Kier alpha value is -1.56. The molecule has 2 rings (SSSR count). The molecule has 1 unspecified atom stereocenters. The Bertz CT molecular complexity index is 433. The number of anilines is 1. The first-order chi connectivity index (χ1) is 8.02. The summed E-state index contributed by atoms with van der Waals surface area (Å²) < 4.78 is 1.73. The highest BCUT2D eigenvalue weighted by Crippen LogP contribution is 2.24. The Kier molecular flexibility index (Phi) is 3.06. The van der Waals surface area contributed by atoms with E-state index in [1.165, 1.54) is 0 Å². The fourth-order valence-corrected chi connectivity index (χ4v) is 2.48. The summed E-state index contributed by atoms with van der Waals surface area (Å²) in [4.78, 5) is 13.6. The molecule has 0 aliphatic carbocycles. The SMILES string of the molecule is Cc1nn(C)c(N(C)C2CCNC2)c1C(N)=O. The number of likely N-dealkylation sites (N-methyl/N-ethyl adjacent to an activating group) is 1. The van der Waals surface area contributed by atoms with Crippen molar-refractivity contribution in [3.05, 3.63) is 11.3 Å². The smallest absolute Gasteiger partial charge is 0.254 e. The molecule has 6 heteroatoms. The number of nitrogens with zero attached hydrogens (tertiary/aromatic N) is 3. The highest BCUT2D eigenvalue weighted by atomic mass is 16.1.